The Morgan fingerprint density at radius 1 is 1.40 bits per heavy atom. The molecule has 0 bridgehead atoms. The summed E-state index contributed by atoms with van der Waals surface area (Å²) in [7, 11) is 0. The van der Waals surface area contributed by atoms with Gasteiger partial charge in [-0.3, -0.25) is 4.90 Å². The SMILES string of the molecule is CC(C)NCCCN1CCOC(C)(C)C1. The molecule has 0 unspecified atom stereocenters. The molecule has 0 aromatic rings. The number of hydrogen-bond acceptors (Lipinski definition) is 3. The molecular formula is C12H26N2O. The molecule has 1 N–H and O–H groups in total. The van der Waals surface area contributed by atoms with E-state index in [0.717, 1.165) is 26.2 Å². The molecule has 1 aliphatic heterocycles. The molecule has 1 fully saturated rings. The summed E-state index contributed by atoms with van der Waals surface area (Å²) < 4.78 is 5.68. The van der Waals surface area contributed by atoms with Crippen molar-refractivity contribution in [3.05, 3.63) is 0 Å². The first-order valence-corrected chi connectivity index (χ1v) is 6.09. The number of ether oxygens (including phenoxy) is 1. The van der Waals surface area contributed by atoms with Gasteiger partial charge in [-0.25, -0.2) is 0 Å². The summed E-state index contributed by atoms with van der Waals surface area (Å²) in [5, 5.41) is 3.45. The number of hydrogen-bond donors (Lipinski definition) is 1. The molecule has 1 saturated heterocycles. The lowest BCUT2D eigenvalue weighted by atomic mass is 10.1. The Balaban J connectivity index is 2.11. The normalized spacial score (nSPS) is 22.2. The highest BCUT2D eigenvalue weighted by molar-refractivity contribution is 4.79. The van der Waals surface area contributed by atoms with Gasteiger partial charge in [0.05, 0.1) is 12.2 Å². The maximum absolute atomic E-state index is 5.68. The van der Waals surface area contributed by atoms with Crippen molar-refractivity contribution in [3.63, 3.8) is 0 Å². The molecule has 3 nitrogen and oxygen atoms in total. The Labute approximate surface area is 94.2 Å². The molecule has 90 valence electrons. The van der Waals surface area contributed by atoms with Gasteiger partial charge < -0.3 is 10.1 Å². The highest BCUT2D eigenvalue weighted by atomic mass is 16.5. The van der Waals surface area contributed by atoms with Gasteiger partial charge in [-0.05, 0) is 33.4 Å². The predicted molar refractivity (Wildman–Crippen MR) is 64.2 cm³/mol. The van der Waals surface area contributed by atoms with Crippen LogP contribution in [0, 0.1) is 0 Å². The van der Waals surface area contributed by atoms with Crippen LogP contribution >= 0.6 is 0 Å². The fraction of sp³-hybridized carbons (Fsp3) is 1.00. The van der Waals surface area contributed by atoms with Crippen molar-refractivity contribution < 1.29 is 4.74 Å². The van der Waals surface area contributed by atoms with E-state index >= 15 is 0 Å². The number of morpholine rings is 1. The van der Waals surface area contributed by atoms with E-state index in [-0.39, 0.29) is 5.60 Å². The molecule has 15 heavy (non-hydrogen) atoms. The Bertz CT molecular complexity index is 180. The topological polar surface area (TPSA) is 24.5 Å². The predicted octanol–water partition coefficient (Wildman–Crippen LogP) is 1.49. The first-order chi connectivity index (χ1) is 6.99. The van der Waals surface area contributed by atoms with Crippen LogP contribution in [0.2, 0.25) is 0 Å². The molecule has 1 aliphatic rings. The Morgan fingerprint density at radius 3 is 2.73 bits per heavy atom. The van der Waals surface area contributed by atoms with E-state index in [9.17, 15) is 0 Å². The van der Waals surface area contributed by atoms with Gasteiger partial charge in [0, 0.05) is 19.1 Å². The van der Waals surface area contributed by atoms with E-state index < -0.39 is 0 Å². The van der Waals surface area contributed by atoms with Crippen molar-refractivity contribution in [1.29, 1.82) is 0 Å². The lowest BCUT2D eigenvalue weighted by molar-refractivity contribution is -0.0859. The van der Waals surface area contributed by atoms with Crippen molar-refractivity contribution in [2.24, 2.45) is 0 Å². The standard InChI is InChI=1S/C12H26N2O/c1-11(2)13-6-5-7-14-8-9-15-12(3,4)10-14/h11,13H,5-10H2,1-4H3. The fourth-order valence-corrected chi connectivity index (χ4v) is 2.00. The summed E-state index contributed by atoms with van der Waals surface area (Å²) >= 11 is 0. The van der Waals surface area contributed by atoms with E-state index in [1.807, 2.05) is 0 Å². The Morgan fingerprint density at radius 2 is 2.13 bits per heavy atom. The maximum atomic E-state index is 5.68. The first-order valence-electron chi connectivity index (χ1n) is 6.09. The van der Waals surface area contributed by atoms with E-state index in [2.05, 4.69) is 37.9 Å². The summed E-state index contributed by atoms with van der Waals surface area (Å²) in [6, 6.07) is 0.603. The zero-order valence-corrected chi connectivity index (χ0v) is 10.7. The van der Waals surface area contributed by atoms with E-state index in [4.69, 9.17) is 4.74 Å². The minimum atomic E-state index is 0.0454. The molecule has 0 amide bonds. The van der Waals surface area contributed by atoms with Crippen LogP contribution in [0.5, 0.6) is 0 Å². The van der Waals surface area contributed by atoms with Crippen LogP contribution in [0.15, 0.2) is 0 Å². The van der Waals surface area contributed by atoms with Gasteiger partial charge in [-0.1, -0.05) is 13.8 Å². The second-order valence-corrected chi connectivity index (χ2v) is 5.35. The molecule has 1 heterocycles. The van der Waals surface area contributed by atoms with Crippen LogP contribution in [0.25, 0.3) is 0 Å². The molecule has 0 saturated carbocycles. The minimum absolute atomic E-state index is 0.0454. The maximum Gasteiger partial charge on any atom is 0.0753 e. The quantitative estimate of drug-likeness (QED) is 0.702. The third kappa shape index (κ3) is 5.50. The summed E-state index contributed by atoms with van der Waals surface area (Å²) in [4.78, 5) is 2.51. The number of nitrogens with one attached hydrogen (secondary N) is 1. The average Bonchev–Trinajstić information content (AvgIpc) is 2.10. The molecular weight excluding hydrogens is 188 g/mol. The molecule has 0 aromatic heterocycles. The fourth-order valence-electron chi connectivity index (χ4n) is 2.00. The zero-order chi connectivity index (χ0) is 11.3. The summed E-state index contributed by atoms with van der Waals surface area (Å²) in [6.45, 7) is 14.1. The lowest BCUT2D eigenvalue weighted by Crippen LogP contribution is -2.48. The van der Waals surface area contributed by atoms with Gasteiger partial charge in [0.15, 0.2) is 0 Å². The van der Waals surface area contributed by atoms with Crippen molar-refractivity contribution in [2.75, 3.05) is 32.8 Å². The Kier molecular flexibility index (Phi) is 5.03. The number of rotatable bonds is 5. The molecule has 0 aromatic carbocycles. The summed E-state index contributed by atoms with van der Waals surface area (Å²) in [5.74, 6) is 0. The molecule has 0 atom stereocenters. The van der Waals surface area contributed by atoms with Crippen LogP contribution in [-0.4, -0.2) is 49.3 Å². The van der Waals surface area contributed by atoms with Crippen LogP contribution in [0.4, 0.5) is 0 Å². The first kappa shape index (κ1) is 12.9. The molecule has 1 rings (SSSR count). The largest absolute Gasteiger partial charge is 0.373 e. The van der Waals surface area contributed by atoms with Crippen molar-refractivity contribution >= 4 is 0 Å². The smallest absolute Gasteiger partial charge is 0.0753 e. The summed E-state index contributed by atoms with van der Waals surface area (Å²) in [5.41, 5.74) is 0.0454. The van der Waals surface area contributed by atoms with E-state index in [1.165, 1.54) is 13.0 Å². The summed E-state index contributed by atoms with van der Waals surface area (Å²) in [6.07, 6.45) is 1.23. The highest BCUT2D eigenvalue weighted by Crippen LogP contribution is 2.16. The second kappa shape index (κ2) is 5.83. The van der Waals surface area contributed by atoms with Gasteiger partial charge in [-0.15, -0.1) is 0 Å². The second-order valence-electron chi connectivity index (χ2n) is 5.35. The molecule has 3 heteroatoms. The van der Waals surface area contributed by atoms with Crippen LogP contribution < -0.4 is 5.32 Å². The monoisotopic (exact) mass is 214 g/mol. The van der Waals surface area contributed by atoms with Gasteiger partial charge in [0.1, 0.15) is 0 Å². The van der Waals surface area contributed by atoms with E-state index in [1.54, 1.807) is 0 Å². The average molecular weight is 214 g/mol. The number of nitrogens with zero attached hydrogens (tertiary/aromatic N) is 1. The van der Waals surface area contributed by atoms with Gasteiger partial charge >= 0.3 is 0 Å². The molecule has 0 radical (unpaired) electrons. The third-order valence-electron chi connectivity index (χ3n) is 2.71. The van der Waals surface area contributed by atoms with Crippen LogP contribution in [0.3, 0.4) is 0 Å². The molecule has 0 spiro atoms. The third-order valence-corrected chi connectivity index (χ3v) is 2.71. The van der Waals surface area contributed by atoms with Crippen molar-refractivity contribution in [3.8, 4) is 0 Å². The van der Waals surface area contributed by atoms with Gasteiger partial charge in [-0.2, -0.15) is 0 Å². The lowest BCUT2D eigenvalue weighted by Gasteiger charge is -2.38. The van der Waals surface area contributed by atoms with E-state index in [0.29, 0.717) is 6.04 Å². The van der Waals surface area contributed by atoms with Crippen molar-refractivity contribution in [2.45, 2.75) is 45.8 Å². The zero-order valence-electron chi connectivity index (χ0n) is 10.7. The highest BCUT2D eigenvalue weighted by Gasteiger charge is 2.26. The van der Waals surface area contributed by atoms with Crippen molar-refractivity contribution in [1.82, 2.24) is 10.2 Å². The van der Waals surface area contributed by atoms with Crippen LogP contribution in [0.1, 0.15) is 34.1 Å². The van der Waals surface area contributed by atoms with Gasteiger partial charge in [0.2, 0.25) is 0 Å². The molecule has 0 aliphatic carbocycles. The van der Waals surface area contributed by atoms with Crippen LogP contribution in [-0.2, 0) is 4.74 Å². The minimum Gasteiger partial charge on any atom is -0.373 e. The Hall–Kier alpha value is -0.120. The van der Waals surface area contributed by atoms with Gasteiger partial charge in [0.25, 0.3) is 0 Å².